The fourth-order valence-corrected chi connectivity index (χ4v) is 3.05. The maximum atomic E-state index is 12.5. The highest BCUT2D eigenvalue weighted by molar-refractivity contribution is 5.84. The molecule has 0 aliphatic carbocycles. The Kier molecular flexibility index (Phi) is 5.42. The van der Waals surface area contributed by atoms with E-state index in [1.54, 1.807) is 4.90 Å². The maximum absolute atomic E-state index is 12.5. The van der Waals surface area contributed by atoms with Crippen molar-refractivity contribution >= 4 is 11.8 Å². The number of carbonyl (C=O) groups excluding carboxylic acids is 2. The third-order valence-corrected chi connectivity index (χ3v) is 4.32. The van der Waals surface area contributed by atoms with Gasteiger partial charge < -0.3 is 14.7 Å². The first-order chi connectivity index (χ1) is 12.1. The van der Waals surface area contributed by atoms with E-state index >= 15 is 0 Å². The van der Waals surface area contributed by atoms with E-state index in [1.165, 1.54) is 6.92 Å². The van der Waals surface area contributed by atoms with Gasteiger partial charge in [-0.05, 0) is 25.0 Å². The summed E-state index contributed by atoms with van der Waals surface area (Å²) in [6.07, 6.45) is 3.79. The lowest BCUT2D eigenvalue weighted by Gasteiger charge is -2.27. The Hall–Kier alpha value is -2.70. The third-order valence-electron chi connectivity index (χ3n) is 4.32. The third kappa shape index (κ3) is 4.23. The second-order valence-electron chi connectivity index (χ2n) is 6.19. The molecule has 0 radical (unpaired) electrons. The molecule has 0 bridgehead atoms. The van der Waals surface area contributed by atoms with Crippen LogP contribution in [-0.4, -0.2) is 39.9 Å². The lowest BCUT2D eigenvalue weighted by atomic mass is 10.1. The van der Waals surface area contributed by atoms with Crippen molar-refractivity contribution in [1.29, 1.82) is 0 Å². The minimum absolute atomic E-state index is 0.00473. The quantitative estimate of drug-likeness (QED) is 0.921. The summed E-state index contributed by atoms with van der Waals surface area (Å²) < 4.78 is 5.40. The average Bonchev–Trinajstić information content (AvgIpc) is 2.98. The van der Waals surface area contributed by atoms with Crippen LogP contribution in [0.2, 0.25) is 0 Å². The first-order valence-electron chi connectivity index (χ1n) is 8.58. The van der Waals surface area contributed by atoms with Gasteiger partial charge in [-0.3, -0.25) is 9.59 Å². The molecule has 132 valence electrons. The Morgan fingerprint density at radius 2 is 2.04 bits per heavy atom. The minimum Gasteiger partial charge on any atom is -0.347 e. The predicted molar refractivity (Wildman–Crippen MR) is 91.3 cm³/mol. The molecule has 0 spiro atoms. The molecule has 1 atom stereocenters. The van der Waals surface area contributed by atoms with Crippen LogP contribution in [-0.2, 0) is 9.59 Å². The lowest BCUT2D eigenvalue weighted by molar-refractivity contribution is -0.134. The zero-order valence-electron chi connectivity index (χ0n) is 14.3. The van der Waals surface area contributed by atoms with Crippen molar-refractivity contribution < 1.29 is 14.1 Å². The molecule has 1 aliphatic heterocycles. The summed E-state index contributed by atoms with van der Waals surface area (Å²) in [7, 11) is 0. The topological polar surface area (TPSA) is 88.3 Å². The summed E-state index contributed by atoms with van der Waals surface area (Å²) in [4.78, 5) is 29.9. The van der Waals surface area contributed by atoms with Crippen LogP contribution in [0.4, 0.5) is 0 Å². The molecule has 7 nitrogen and oxygen atoms in total. The van der Waals surface area contributed by atoms with Gasteiger partial charge in [0.15, 0.2) is 5.82 Å². The Morgan fingerprint density at radius 1 is 1.24 bits per heavy atom. The molecule has 1 aromatic heterocycles. The SMILES string of the molecule is CC(=O)NCC(=O)N1CCCCC[C@@H]1c1noc(-c2ccccc2)n1. The summed E-state index contributed by atoms with van der Waals surface area (Å²) in [6, 6.07) is 9.34. The fourth-order valence-electron chi connectivity index (χ4n) is 3.05. The number of aromatic nitrogens is 2. The maximum Gasteiger partial charge on any atom is 0.257 e. The monoisotopic (exact) mass is 342 g/mol. The van der Waals surface area contributed by atoms with Gasteiger partial charge in [-0.15, -0.1) is 0 Å². The van der Waals surface area contributed by atoms with Gasteiger partial charge >= 0.3 is 0 Å². The molecular formula is C18H22N4O3. The number of benzene rings is 1. The zero-order valence-corrected chi connectivity index (χ0v) is 14.3. The van der Waals surface area contributed by atoms with Crippen LogP contribution in [0, 0.1) is 0 Å². The summed E-state index contributed by atoms with van der Waals surface area (Å²) in [5.74, 6) is 0.643. The van der Waals surface area contributed by atoms with E-state index in [4.69, 9.17) is 4.52 Å². The second kappa shape index (κ2) is 7.92. The number of amides is 2. The highest BCUT2D eigenvalue weighted by Gasteiger charge is 2.30. The van der Waals surface area contributed by atoms with Crippen molar-refractivity contribution in [1.82, 2.24) is 20.4 Å². The van der Waals surface area contributed by atoms with E-state index in [0.717, 1.165) is 31.2 Å². The van der Waals surface area contributed by atoms with Gasteiger partial charge in [0.2, 0.25) is 11.8 Å². The van der Waals surface area contributed by atoms with E-state index < -0.39 is 0 Å². The van der Waals surface area contributed by atoms with Crippen LogP contribution in [0.15, 0.2) is 34.9 Å². The molecule has 1 saturated heterocycles. The van der Waals surface area contributed by atoms with E-state index in [0.29, 0.717) is 18.3 Å². The molecule has 0 unspecified atom stereocenters. The Bertz CT molecular complexity index is 729. The summed E-state index contributed by atoms with van der Waals surface area (Å²) in [5, 5.41) is 6.69. The van der Waals surface area contributed by atoms with Gasteiger partial charge in [0.05, 0.1) is 12.6 Å². The first-order valence-corrected chi connectivity index (χ1v) is 8.58. The number of nitrogens with zero attached hydrogens (tertiary/aromatic N) is 3. The van der Waals surface area contributed by atoms with Crippen LogP contribution >= 0.6 is 0 Å². The van der Waals surface area contributed by atoms with Gasteiger partial charge in [0.25, 0.3) is 5.89 Å². The normalized spacial score (nSPS) is 17.8. The smallest absolute Gasteiger partial charge is 0.257 e. The molecule has 1 fully saturated rings. The van der Waals surface area contributed by atoms with Gasteiger partial charge in [-0.1, -0.05) is 36.2 Å². The second-order valence-corrected chi connectivity index (χ2v) is 6.19. The highest BCUT2D eigenvalue weighted by atomic mass is 16.5. The van der Waals surface area contributed by atoms with Gasteiger partial charge in [0, 0.05) is 19.0 Å². The predicted octanol–water partition coefficient (Wildman–Crippen LogP) is 2.32. The van der Waals surface area contributed by atoms with Crippen LogP contribution in [0.25, 0.3) is 11.5 Å². The fraction of sp³-hybridized carbons (Fsp3) is 0.444. The molecule has 2 aromatic rings. The van der Waals surface area contributed by atoms with Crippen molar-refractivity contribution in [2.75, 3.05) is 13.1 Å². The van der Waals surface area contributed by atoms with Gasteiger partial charge in [-0.2, -0.15) is 4.98 Å². The van der Waals surface area contributed by atoms with Crippen LogP contribution < -0.4 is 5.32 Å². The number of rotatable bonds is 4. The van der Waals surface area contributed by atoms with Crippen molar-refractivity contribution in [3.63, 3.8) is 0 Å². The molecule has 3 rings (SSSR count). The van der Waals surface area contributed by atoms with Crippen LogP contribution in [0.5, 0.6) is 0 Å². The first kappa shape index (κ1) is 17.1. The highest BCUT2D eigenvalue weighted by Crippen LogP contribution is 2.30. The van der Waals surface area contributed by atoms with E-state index in [9.17, 15) is 9.59 Å². The number of carbonyl (C=O) groups is 2. The zero-order chi connectivity index (χ0) is 17.6. The molecule has 1 aromatic carbocycles. The van der Waals surface area contributed by atoms with E-state index in [-0.39, 0.29) is 24.4 Å². The molecule has 1 aliphatic rings. The standard InChI is InChI=1S/C18H22N4O3/c1-13(23)19-12-16(24)22-11-7-3-6-10-15(22)17-20-18(25-21-17)14-8-4-2-5-9-14/h2,4-5,8-9,15H,3,6-7,10-12H2,1H3,(H,19,23)/t15-/m1/s1. The minimum atomic E-state index is -0.218. The number of nitrogens with one attached hydrogen (secondary N) is 1. The van der Waals surface area contributed by atoms with Gasteiger partial charge in [0.1, 0.15) is 0 Å². The summed E-state index contributed by atoms with van der Waals surface area (Å²) in [6.45, 7) is 2.03. The summed E-state index contributed by atoms with van der Waals surface area (Å²) in [5.41, 5.74) is 0.853. The number of likely N-dealkylation sites (tertiary alicyclic amines) is 1. The number of hydrogen-bond donors (Lipinski definition) is 1. The molecule has 0 saturated carbocycles. The largest absolute Gasteiger partial charge is 0.347 e. The molecule has 7 heteroatoms. The molecular weight excluding hydrogens is 320 g/mol. The molecule has 25 heavy (non-hydrogen) atoms. The van der Waals surface area contributed by atoms with E-state index in [1.807, 2.05) is 30.3 Å². The Balaban J connectivity index is 1.80. The van der Waals surface area contributed by atoms with Crippen LogP contribution in [0.3, 0.4) is 0 Å². The summed E-state index contributed by atoms with van der Waals surface area (Å²) >= 11 is 0. The molecule has 2 amide bonds. The lowest BCUT2D eigenvalue weighted by Crippen LogP contribution is -2.41. The van der Waals surface area contributed by atoms with Crippen molar-refractivity contribution in [3.8, 4) is 11.5 Å². The van der Waals surface area contributed by atoms with Gasteiger partial charge in [-0.25, -0.2) is 0 Å². The molecule has 1 N–H and O–H groups in total. The Labute approximate surface area is 146 Å². The van der Waals surface area contributed by atoms with Crippen molar-refractivity contribution in [2.24, 2.45) is 0 Å². The number of hydrogen-bond acceptors (Lipinski definition) is 5. The van der Waals surface area contributed by atoms with Crippen molar-refractivity contribution in [3.05, 3.63) is 36.2 Å². The van der Waals surface area contributed by atoms with Crippen LogP contribution in [0.1, 0.15) is 44.5 Å². The van der Waals surface area contributed by atoms with E-state index in [2.05, 4.69) is 15.5 Å². The molecule has 2 heterocycles. The Morgan fingerprint density at radius 3 is 2.80 bits per heavy atom. The van der Waals surface area contributed by atoms with Crippen molar-refractivity contribution in [2.45, 2.75) is 38.6 Å². The average molecular weight is 342 g/mol.